The fourth-order valence-electron chi connectivity index (χ4n) is 4.83. The topological polar surface area (TPSA) is 128 Å². The van der Waals surface area contributed by atoms with Crippen LogP contribution in [0.4, 0.5) is 11.5 Å². The van der Waals surface area contributed by atoms with Crippen LogP contribution in [-0.4, -0.2) is 82.9 Å². The van der Waals surface area contributed by atoms with Crippen molar-refractivity contribution in [3.63, 3.8) is 0 Å². The van der Waals surface area contributed by atoms with Crippen molar-refractivity contribution in [3.05, 3.63) is 42.0 Å². The van der Waals surface area contributed by atoms with Gasteiger partial charge in [-0.05, 0) is 32.9 Å². The van der Waals surface area contributed by atoms with Crippen molar-refractivity contribution < 1.29 is 19.0 Å². The summed E-state index contributed by atoms with van der Waals surface area (Å²) >= 11 is 0. The molecule has 1 aromatic carbocycles. The molecule has 1 saturated heterocycles. The zero-order valence-electron chi connectivity index (χ0n) is 22.2. The summed E-state index contributed by atoms with van der Waals surface area (Å²) in [7, 11) is 3.12. The molecule has 12 heteroatoms. The monoisotopic (exact) mass is 520 g/mol. The van der Waals surface area contributed by atoms with Gasteiger partial charge in [0.2, 0.25) is 5.65 Å². The van der Waals surface area contributed by atoms with E-state index in [2.05, 4.69) is 49.3 Å². The largest absolute Gasteiger partial charge is 0.478 e. The Balaban J connectivity index is 1.53. The van der Waals surface area contributed by atoms with E-state index in [1.807, 2.05) is 19.2 Å². The minimum Gasteiger partial charge on any atom is -0.478 e. The number of anilines is 2. The fraction of sp³-hybridized carbons (Fsp3) is 0.423. The molecule has 0 spiro atoms. The number of benzene rings is 1. The number of carbonyl (C=O) groups is 1. The van der Waals surface area contributed by atoms with Crippen LogP contribution in [0.3, 0.4) is 0 Å². The molecule has 0 saturated carbocycles. The van der Waals surface area contributed by atoms with Gasteiger partial charge in [0, 0.05) is 55.8 Å². The molecule has 1 amide bonds. The Morgan fingerprint density at radius 2 is 1.89 bits per heavy atom. The van der Waals surface area contributed by atoms with Crippen LogP contribution >= 0.6 is 0 Å². The number of hydrogen-bond acceptors (Lipinski definition) is 10. The zero-order valence-corrected chi connectivity index (χ0v) is 22.2. The fourth-order valence-corrected chi connectivity index (χ4v) is 4.83. The van der Waals surface area contributed by atoms with Gasteiger partial charge < -0.3 is 29.7 Å². The van der Waals surface area contributed by atoms with Gasteiger partial charge in [0.15, 0.2) is 5.82 Å². The van der Waals surface area contributed by atoms with Crippen LogP contribution in [0.5, 0.6) is 11.9 Å². The first-order chi connectivity index (χ1) is 18.4. The first kappa shape index (κ1) is 25.6. The van der Waals surface area contributed by atoms with Gasteiger partial charge in [0.05, 0.1) is 36.7 Å². The summed E-state index contributed by atoms with van der Waals surface area (Å²) in [5, 5.41) is 7.21. The van der Waals surface area contributed by atoms with Gasteiger partial charge in [-0.3, -0.25) is 9.20 Å². The van der Waals surface area contributed by atoms with Crippen LogP contribution in [0.2, 0.25) is 0 Å². The second-order valence-electron chi connectivity index (χ2n) is 9.46. The molecule has 4 heterocycles. The standard InChI is InChI=1S/C26H32N8O4/c1-15-11-33(12-16(2)28-15)20-7-6-18(22-19(20)10-27-26(32-22)38-9-8-36-4)24(35)30-21-14-34-13-17(3)29-23(34)25(31-21)37-5/h6-7,10,13-16,28H,8-9,11-12H2,1-5H3,(H,30,35)/t15-,16+. The number of methoxy groups -OCH3 is 2. The Kier molecular flexibility index (Phi) is 7.25. The number of hydrogen-bond donors (Lipinski definition) is 2. The lowest BCUT2D eigenvalue weighted by atomic mass is 10.0. The van der Waals surface area contributed by atoms with Gasteiger partial charge >= 0.3 is 6.01 Å². The summed E-state index contributed by atoms with van der Waals surface area (Å²) in [5.41, 5.74) is 3.22. The molecule has 1 fully saturated rings. The lowest BCUT2D eigenvalue weighted by Gasteiger charge is -2.38. The van der Waals surface area contributed by atoms with Crippen molar-refractivity contribution in [2.75, 3.05) is 50.7 Å². The highest BCUT2D eigenvalue weighted by Gasteiger charge is 2.25. The zero-order chi connectivity index (χ0) is 26.8. The molecule has 12 nitrogen and oxygen atoms in total. The molecule has 0 unspecified atom stereocenters. The molecule has 1 aliphatic heterocycles. The second kappa shape index (κ2) is 10.8. The van der Waals surface area contributed by atoms with E-state index in [9.17, 15) is 4.79 Å². The van der Waals surface area contributed by atoms with Crippen LogP contribution in [-0.2, 0) is 4.74 Å². The van der Waals surface area contributed by atoms with Crippen LogP contribution in [0, 0.1) is 6.92 Å². The average Bonchev–Trinajstić information content (AvgIpc) is 3.27. The van der Waals surface area contributed by atoms with E-state index in [0.29, 0.717) is 53.7 Å². The maximum absolute atomic E-state index is 13.6. The maximum Gasteiger partial charge on any atom is 0.317 e. The van der Waals surface area contributed by atoms with Crippen molar-refractivity contribution in [2.24, 2.45) is 0 Å². The summed E-state index contributed by atoms with van der Waals surface area (Å²) in [6, 6.07) is 4.55. The Bertz CT molecular complexity index is 1460. The third-order valence-corrected chi connectivity index (χ3v) is 6.33. The average molecular weight is 521 g/mol. The Morgan fingerprint density at radius 3 is 2.63 bits per heavy atom. The number of amides is 1. The Morgan fingerprint density at radius 1 is 1.11 bits per heavy atom. The van der Waals surface area contributed by atoms with Crippen molar-refractivity contribution in [2.45, 2.75) is 32.9 Å². The molecular weight excluding hydrogens is 488 g/mol. The van der Waals surface area contributed by atoms with E-state index in [0.717, 1.165) is 29.9 Å². The second-order valence-corrected chi connectivity index (χ2v) is 9.46. The summed E-state index contributed by atoms with van der Waals surface area (Å²) < 4.78 is 17.9. The number of imidazole rings is 1. The van der Waals surface area contributed by atoms with E-state index < -0.39 is 0 Å². The highest BCUT2D eigenvalue weighted by molar-refractivity contribution is 6.13. The Labute approximate surface area is 220 Å². The number of nitrogens with one attached hydrogen (secondary N) is 2. The lowest BCUT2D eigenvalue weighted by Crippen LogP contribution is -2.54. The van der Waals surface area contributed by atoms with Crippen LogP contribution in [0.15, 0.2) is 30.7 Å². The SMILES string of the molecule is COCCOc1ncc2c(N3C[C@@H](C)N[C@@H](C)C3)ccc(C(=O)Nc3cn4cc(C)nc4c(OC)n3)c2n1. The molecule has 1 aliphatic rings. The van der Waals surface area contributed by atoms with E-state index in [1.165, 1.54) is 7.11 Å². The van der Waals surface area contributed by atoms with Crippen LogP contribution in [0.1, 0.15) is 29.9 Å². The molecule has 4 aromatic rings. The van der Waals surface area contributed by atoms with Gasteiger partial charge in [-0.1, -0.05) is 0 Å². The number of rotatable bonds is 8. The van der Waals surface area contributed by atoms with Gasteiger partial charge in [0.25, 0.3) is 11.8 Å². The van der Waals surface area contributed by atoms with Crippen molar-refractivity contribution in [1.29, 1.82) is 0 Å². The first-order valence-corrected chi connectivity index (χ1v) is 12.5. The van der Waals surface area contributed by atoms with Gasteiger partial charge in [0.1, 0.15) is 6.61 Å². The third kappa shape index (κ3) is 5.18. The van der Waals surface area contributed by atoms with Crippen molar-refractivity contribution in [1.82, 2.24) is 29.7 Å². The molecular formula is C26H32N8O4. The van der Waals surface area contributed by atoms with E-state index in [-0.39, 0.29) is 11.9 Å². The summed E-state index contributed by atoms with van der Waals surface area (Å²) in [5.74, 6) is 0.273. The molecule has 200 valence electrons. The minimum atomic E-state index is -0.365. The van der Waals surface area contributed by atoms with Crippen LogP contribution < -0.4 is 25.0 Å². The molecule has 0 aliphatic carbocycles. The molecule has 0 radical (unpaired) electrons. The number of fused-ring (bicyclic) bond motifs is 2. The van der Waals surface area contributed by atoms with E-state index in [1.54, 1.807) is 30.0 Å². The molecule has 2 atom stereocenters. The van der Waals surface area contributed by atoms with E-state index >= 15 is 0 Å². The van der Waals surface area contributed by atoms with Gasteiger partial charge in [-0.15, -0.1) is 0 Å². The number of aryl methyl sites for hydroxylation is 1. The first-order valence-electron chi connectivity index (χ1n) is 12.5. The number of carbonyl (C=O) groups excluding carboxylic acids is 1. The molecule has 3 aromatic heterocycles. The highest BCUT2D eigenvalue weighted by atomic mass is 16.5. The van der Waals surface area contributed by atoms with Crippen molar-refractivity contribution in [3.8, 4) is 11.9 Å². The van der Waals surface area contributed by atoms with E-state index in [4.69, 9.17) is 14.2 Å². The predicted molar refractivity (Wildman–Crippen MR) is 143 cm³/mol. The van der Waals surface area contributed by atoms with Gasteiger partial charge in [-0.2, -0.15) is 9.97 Å². The number of aromatic nitrogens is 5. The summed E-state index contributed by atoms with van der Waals surface area (Å²) in [6.45, 7) is 8.54. The quantitative estimate of drug-likeness (QED) is 0.334. The number of piperazine rings is 1. The predicted octanol–water partition coefficient (Wildman–Crippen LogP) is 2.45. The van der Waals surface area contributed by atoms with Crippen molar-refractivity contribution >= 4 is 34.0 Å². The minimum absolute atomic E-state index is 0.179. The van der Waals surface area contributed by atoms with Gasteiger partial charge in [-0.25, -0.2) is 9.97 Å². The lowest BCUT2D eigenvalue weighted by molar-refractivity contribution is 0.102. The smallest absolute Gasteiger partial charge is 0.317 e. The molecule has 5 rings (SSSR count). The third-order valence-electron chi connectivity index (χ3n) is 6.33. The highest BCUT2D eigenvalue weighted by Crippen LogP contribution is 2.31. The molecule has 2 N–H and O–H groups in total. The maximum atomic E-state index is 13.6. The number of ether oxygens (including phenoxy) is 3. The molecule has 0 bridgehead atoms. The summed E-state index contributed by atoms with van der Waals surface area (Å²) in [4.78, 5) is 33.8. The summed E-state index contributed by atoms with van der Waals surface area (Å²) in [6.07, 6.45) is 5.26. The number of nitrogens with zero attached hydrogens (tertiary/aromatic N) is 6. The Hall–Kier alpha value is -4.03. The molecule has 38 heavy (non-hydrogen) atoms. The van der Waals surface area contributed by atoms with Crippen LogP contribution in [0.25, 0.3) is 16.6 Å². The normalized spacial score (nSPS) is 17.7.